The number of anilines is 1. The number of carbonyl (C=O) groups excluding carboxylic acids is 1. The van der Waals surface area contributed by atoms with Crippen LogP contribution in [0.3, 0.4) is 0 Å². The lowest BCUT2D eigenvalue weighted by molar-refractivity contribution is 0.204. The van der Waals surface area contributed by atoms with E-state index in [1.54, 1.807) is 30.8 Å². The highest BCUT2D eigenvalue weighted by atomic mass is 35.5. The Labute approximate surface area is 212 Å². The van der Waals surface area contributed by atoms with Crippen LogP contribution in [0.15, 0.2) is 76.5 Å². The predicted octanol–water partition coefficient (Wildman–Crippen LogP) is 7.27. The number of carbonyl (C=O) groups is 1. The number of halogens is 1. The van der Waals surface area contributed by atoms with Gasteiger partial charge < -0.3 is 10.2 Å². The summed E-state index contributed by atoms with van der Waals surface area (Å²) in [6, 6.07) is 23.0. The van der Waals surface area contributed by atoms with E-state index >= 15 is 0 Å². The molecule has 0 aliphatic carbocycles. The average Bonchev–Trinajstić information content (AvgIpc) is 2.83. The Morgan fingerprint density at radius 3 is 2.24 bits per heavy atom. The van der Waals surface area contributed by atoms with E-state index in [9.17, 15) is 4.79 Å². The maximum atomic E-state index is 12.0. The van der Waals surface area contributed by atoms with Crippen molar-refractivity contribution in [1.29, 1.82) is 0 Å². The van der Waals surface area contributed by atoms with Gasteiger partial charge in [0, 0.05) is 41.1 Å². The van der Waals surface area contributed by atoms with Gasteiger partial charge in [-0.1, -0.05) is 41.6 Å². The zero-order valence-corrected chi connectivity index (χ0v) is 21.6. The third-order valence-electron chi connectivity index (χ3n) is 6.34. The van der Waals surface area contributed by atoms with Crippen molar-refractivity contribution >= 4 is 35.1 Å². The number of nitrogens with zero attached hydrogens (tertiary/aromatic N) is 2. The van der Waals surface area contributed by atoms with Crippen LogP contribution in [0.25, 0.3) is 0 Å². The molecule has 4 rings (SSSR count). The van der Waals surface area contributed by atoms with Crippen LogP contribution >= 0.6 is 23.4 Å². The van der Waals surface area contributed by atoms with Crippen LogP contribution < -0.4 is 5.32 Å². The van der Waals surface area contributed by atoms with Gasteiger partial charge in [-0.05, 0) is 104 Å². The van der Waals surface area contributed by atoms with Crippen molar-refractivity contribution in [3.8, 4) is 0 Å². The lowest BCUT2D eigenvalue weighted by atomic mass is 9.86. The van der Waals surface area contributed by atoms with E-state index in [4.69, 9.17) is 11.6 Å². The van der Waals surface area contributed by atoms with Crippen LogP contribution in [0.2, 0.25) is 5.02 Å². The van der Waals surface area contributed by atoms with Gasteiger partial charge in [0.15, 0.2) is 0 Å². The molecular formula is C28H32ClN3OS. The molecule has 1 heterocycles. The number of benzene rings is 3. The molecule has 1 aliphatic heterocycles. The highest BCUT2D eigenvalue weighted by Crippen LogP contribution is 2.33. The topological polar surface area (TPSA) is 35.6 Å². The molecule has 1 aliphatic rings. The van der Waals surface area contributed by atoms with E-state index in [2.05, 4.69) is 65.7 Å². The second-order valence-electron chi connectivity index (χ2n) is 9.15. The molecule has 0 saturated carbocycles. The molecule has 178 valence electrons. The molecule has 0 atom stereocenters. The molecule has 2 amide bonds. The number of likely N-dealkylation sites (tertiary alicyclic amines) is 1. The summed E-state index contributed by atoms with van der Waals surface area (Å²) in [6.45, 7) is 5.32. The Hall–Kier alpha value is -2.47. The smallest absolute Gasteiger partial charge is 0.321 e. The Morgan fingerprint density at radius 2 is 1.62 bits per heavy atom. The Kier molecular flexibility index (Phi) is 8.19. The fourth-order valence-corrected chi connectivity index (χ4v) is 5.30. The molecule has 1 N–H and O–H groups in total. The van der Waals surface area contributed by atoms with Gasteiger partial charge in [0.1, 0.15) is 0 Å². The van der Waals surface area contributed by atoms with Gasteiger partial charge in [0.2, 0.25) is 0 Å². The van der Waals surface area contributed by atoms with E-state index in [-0.39, 0.29) is 6.03 Å². The van der Waals surface area contributed by atoms with E-state index in [1.165, 1.54) is 26.5 Å². The third-order valence-corrected chi connectivity index (χ3v) is 7.61. The summed E-state index contributed by atoms with van der Waals surface area (Å²) >= 11 is 7.74. The van der Waals surface area contributed by atoms with Crippen molar-refractivity contribution in [2.24, 2.45) is 0 Å². The van der Waals surface area contributed by atoms with Crippen LogP contribution in [0.1, 0.15) is 35.4 Å². The van der Waals surface area contributed by atoms with Gasteiger partial charge in [-0.15, -0.1) is 0 Å². The van der Waals surface area contributed by atoms with E-state index < -0.39 is 0 Å². The van der Waals surface area contributed by atoms with E-state index in [0.29, 0.717) is 5.92 Å². The van der Waals surface area contributed by atoms with Crippen LogP contribution in [-0.4, -0.2) is 43.0 Å². The maximum Gasteiger partial charge on any atom is 0.321 e. The fraction of sp³-hybridized carbons (Fsp3) is 0.321. The molecule has 0 bridgehead atoms. The molecule has 6 heteroatoms. The lowest BCUT2D eigenvalue weighted by Gasteiger charge is -2.33. The Morgan fingerprint density at radius 1 is 1.00 bits per heavy atom. The molecule has 4 nitrogen and oxygen atoms in total. The molecular weight excluding hydrogens is 462 g/mol. The first-order chi connectivity index (χ1) is 16.4. The molecule has 3 aromatic carbocycles. The minimum atomic E-state index is -0.0952. The van der Waals surface area contributed by atoms with Crippen molar-refractivity contribution in [2.75, 3.05) is 32.5 Å². The summed E-state index contributed by atoms with van der Waals surface area (Å²) in [7, 11) is 3.51. The summed E-state index contributed by atoms with van der Waals surface area (Å²) in [5, 5.41) is 3.75. The minimum absolute atomic E-state index is 0.0952. The van der Waals surface area contributed by atoms with Gasteiger partial charge in [-0.3, -0.25) is 4.90 Å². The first-order valence-corrected chi connectivity index (χ1v) is 12.9. The third kappa shape index (κ3) is 6.56. The number of aryl methyl sites for hydroxylation is 1. The van der Waals surface area contributed by atoms with Gasteiger partial charge in [0.25, 0.3) is 0 Å². The number of hydrogen-bond acceptors (Lipinski definition) is 3. The predicted molar refractivity (Wildman–Crippen MR) is 143 cm³/mol. The zero-order chi connectivity index (χ0) is 24.1. The number of piperidine rings is 1. The SMILES string of the molecule is Cc1ccc(NC(=O)N(C)C)cc1C1CCN(Cc2ccc(Sc3ccc(Cl)cc3)cc2)CC1. The number of rotatable bonds is 6. The summed E-state index contributed by atoms with van der Waals surface area (Å²) in [4.78, 5) is 18.6. The zero-order valence-electron chi connectivity index (χ0n) is 20.1. The number of hydrogen-bond donors (Lipinski definition) is 1. The normalized spacial score (nSPS) is 14.7. The molecule has 1 saturated heterocycles. The number of urea groups is 1. The lowest BCUT2D eigenvalue weighted by Crippen LogP contribution is -2.32. The van der Waals surface area contributed by atoms with Gasteiger partial charge >= 0.3 is 6.03 Å². The monoisotopic (exact) mass is 493 g/mol. The van der Waals surface area contributed by atoms with Crippen molar-refractivity contribution < 1.29 is 4.79 Å². The fourth-order valence-electron chi connectivity index (χ4n) is 4.36. The standard InChI is InChI=1S/C28H32ClN3OS/c1-20-4-9-24(30-28(33)31(2)3)18-27(20)22-14-16-32(17-15-22)19-21-5-10-25(11-6-21)34-26-12-7-23(29)8-13-26/h4-13,18,22H,14-17,19H2,1-3H3,(H,30,33). The molecule has 34 heavy (non-hydrogen) atoms. The van der Waals surface area contributed by atoms with Crippen molar-refractivity contribution in [1.82, 2.24) is 9.80 Å². The second-order valence-corrected chi connectivity index (χ2v) is 10.7. The first-order valence-electron chi connectivity index (χ1n) is 11.7. The van der Waals surface area contributed by atoms with Gasteiger partial charge in [-0.2, -0.15) is 0 Å². The quantitative estimate of drug-likeness (QED) is 0.392. The van der Waals surface area contributed by atoms with Crippen LogP contribution in [0.4, 0.5) is 10.5 Å². The first kappa shape index (κ1) is 24.6. The molecule has 0 unspecified atom stereocenters. The molecule has 0 spiro atoms. The average molecular weight is 494 g/mol. The highest BCUT2D eigenvalue weighted by Gasteiger charge is 2.22. The largest absolute Gasteiger partial charge is 0.331 e. The summed E-state index contributed by atoms with van der Waals surface area (Å²) < 4.78 is 0. The second kappa shape index (κ2) is 11.3. The summed E-state index contributed by atoms with van der Waals surface area (Å²) in [5.74, 6) is 0.533. The number of amides is 2. The number of nitrogens with one attached hydrogen (secondary N) is 1. The van der Waals surface area contributed by atoms with Crippen LogP contribution in [0.5, 0.6) is 0 Å². The molecule has 0 radical (unpaired) electrons. The van der Waals surface area contributed by atoms with E-state index in [0.717, 1.165) is 43.2 Å². The van der Waals surface area contributed by atoms with Gasteiger partial charge in [0.05, 0.1) is 0 Å². The minimum Gasteiger partial charge on any atom is -0.331 e. The van der Waals surface area contributed by atoms with Crippen LogP contribution in [0, 0.1) is 6.92 Å². The molecule has 0 aromatic heterocycles. The molecule has 3 aromatic rings. The van der Waals surface area contributed by atoms with Crippen molar-refractivity contribution in [2.45, 2.75) is 42.0 Å². The van der Waals surface area contributed by atoms with Crippen molar-refractivity contribution in [3.05, 3.63) is 88.4 Å². The maximum absolute atomic E-state index is 12.0. The van der Waals surface area contributed by atoms with Gasteiger partial charge in [-0.25, -0.2) is 4.79 Å². The molecule has 1 fully saturated rings. The summed E-state index contributed by atoms with van der Waals surface area (Å²) in [5.41, 5.74) is 4.89. The highest BCUT2D eigenvalue weighted by molar-refractivity contribution is 7.99. The Bertz CT molecular complexity index is 1110. The Balaban J connectivity index is 1.31. The van der Waals surface area contributed by atoms with E-state index in [1.807, 2.05) is 18.2 Å². The van der Waals surface area contributed by atoms with Crippen molar-refractivity contribution in [3.63, 3.8) is 0 Å². The summed E-state index contributed by atoms with van der Waals surface area (Å²) in [6.07, 6.45) is 2.27. The van der Waals surface area contributed by atoms with Crippen LogP contribution in [-0.2, 0) is 6.54 Å².